The summed E-state index contributed by atoms with van der Waals surface area (Å²) in [5.41, 5.74) is 1.33. The van der Waals surface area contributed by atoms with Crippen LogP contribution in [0, 0.1) is 6.92 Å². The molecule has 0 saturated carbocycles. The van der Waals surface area contributed by atoms with Crippen LogP contribution in [-0.4, -0.2) is 6.61 Å². The van der Waals surface area contributed by atoms with Gasteiger partial charge in [-0.2, -0.15) is 0 Å². The Labute approximate surface area is 163 Å². The van der Waals surface area contributed by atoms with Gasteiger partial charge in [0, 0.05) is 20.2 Å². The molecule has 2 aromatic carbocycles. The normalized spacial score (nSPS) is 11.8. The van der Waals surface area contributed by atoms with Crippen molar-refractivity contribution in [3.63, 3.8) is 0 Å². The van der Waals surface area contributed by atoms with Crippen molar-refractivity contribution < 1.29 is 4.74 Å². The minimum Gasteiger partial charge on any atom is -0.494 e. The van der Waals surface area contributed by atoms with E-state index in [9.17, 15) is 0 Å². The summed E-state index contributed by atoms with van der Waals surface area (Å²) in [7, 11) is 0. The molecule has 0 bridgehead atoms. The SMILES string of the molecule is CCCCCCCCOc1ccc2sc3c4ccc(C)cc4sc3c2c1. The van der Waals surface area contributed by atoms with Gasteiger partial charge in [0.05, 0.1) is 16.0 Å². The highest BCUT2D eigenvalue weighted by atomic mass is 32.1. The van der Waals surface area contributed by atoms with Gasteiger partial charge >= 0.3 is 0 Å². The zero-order valence-corrected chi connectivity index (χ0v) is 17.3. The van der Waals surface area contributed by atoms with Crippen molar-refractivity contribution >= 4 is 52.2 Å². The Morgan fingerprint density at radius 3 is 2.42 bits per heavy atom. The lowest BCUT2D eigenvalue weighted by Crippen LogP contribution is -1.96. The molecule has 0 aliphatic heterocycles. The van der Waals surface area contributed by atoms with Crippen molar-refractivity contribution in [2.45, 2.75) is 52.4 Å². The molecule has 0 aliphatic carbocycles. The van der Waals surface area contributed by atoms with Gasteiger partial charge in [0.25, 0.3) is 0 Å². The fraction of sp³-hybridized carbons (Fsp3) is 0.391. The molecule has 0 fully saturated rings. The second-order valence-electron chi connectivity index (χ2n) is 7.14. The highest BCUT2D eigenvalue weighted by Crippen LogP contribution is 2.45. The quantitative estimate of drug-likeness (QED) is 0.278. The van der Waals surface area contributed by atoms with E-state index in [-0.39, 0.29) is 0 Å². The molecule has 0 N–H and O–H groups in total. The first-order valence-corrected chi connectivity index (χ1v) is 11.4. The molecular weight excluding hydrogens is 356 g/mol. The Kier molecular flexibility index (Phi) is 5.46. The van der Waals surface area contributed by atoms with Crippen molar-refractivity contribution in [2.75, 3.05) is 6.61 Å². The van der Waals surface area contributed by atoms with Crippen LogP contribution in [0.4, 0.5) is 0 Å². The minimum absolute atomic E-state index is 0.830. The average Bonchev–Trinajstić information content (AvgIpc) is 3.16. The van der Waals surface area contributed by atoms with Crippen molar-refractivity contribution in [2.24, 2.45) is 0 Å². The first kappa shape index (κ1) is 17.8. The van der Waals surface area contributed by atoms with E-state index in [0.29, 0.717) is 0 Å². The number of thiophene rings is 2. The number of aryl methyl sites for hydroxylation is 1. The molecule has 0 unspecified atom stereocenters. The summed E-state index contributed by atoms with van der Waals surface area (Å²) in [6.07, 6.45) is 7.80. The second kappa shape index (κ2) is 7.98. The van der Waals surface area contributed by atoms with E-state index in [0.717, 1.165) is 18.8 Å². The Bertz CT molecular complexity index is 1020. The van der Waals surface area contributed by atoms with Gasteiger partial charge in [0.1, 0.15) is 5.75 Å². The van der Waals surface area contributed by atoms with E-state index in [1.54, 1.807) is 0 Å². The number of hydrogen-bond donors (Lipinski definition) is 0. The van der Waals surface area contributed by atoms with Crippen molar-refractivity contribution in [1.82, 2.24) is 0 Å². The van der Waals surface area contributed by atoms with Crippen LogP contribution in [0.25, 0.3) is 29.6 Å². The predicted molar refractivity (Wildman–Crippen MR) is 118 cm³/mol. The summed E-state index contributed by atoms with van der Waals surface area (Å²) in [6, 6.07) is 13.4. The van der Waals surface area contributed by atoms with Gasteiger partial charge < -0.3 is 4.74 Å². The molecule has 4 rings (SSSR count). The highest BCUT2D eigenvalue weighted by Gasteiger charge is 2.12. The molecule has 2 heterocycles. The average molecular weight is 383 g/mol. The molecular formula is C23H26OS2. The van der Waals surface area contributed by atoms with E-state index in [2.05, 4.69) is 50.2 Å². The lowest BCUT2D eigenvalue weighted by Gasteiger charge is -2.06. The largest absolute Gasteiger partial charge is 0.494 e. The van der Waals surface area contributed by atoms with Crippen molar-refractivity contribution in [3.8, 4) is 5.75 Å². The zero-order valence-electron chi connectivity index (χ0n) is 15.6. The Morgan fingerprint density at radius 2 is 1.54 bits per heavy atom. The van der Waals surface area contributed by atoms with E-state index in [1.165, 1.54) is 67.2 Å². The molecule has 0 aliphatic rings. The Morgan fingerprint density at radius 1 is 0.769 bits per heavy atom. The number of unbranched alkanes of at least 4 members (excludes halogenated alkanes) is 5. The lowest BCUT2D eigenvalue weighted by molar-refractivity contribution is 0.305. The topological polar surface area (TPSA) is 9.23 Å². The number of ether oxygens (including phenoxy) is 1. The number of fused-ring (bicyclic) bond motifs is 5. The van der Waals surface area contributed by atoms with Gasteiger partial charge in [0.2, 0.25) is 0 Å². The lowest BCUT2D eigenvalue weighted by atomic mass is 10.1. The molecule has 0 spiro atoms. The maximum absolute atomic E-state index is 6.04. The van der Waals surface area contributed by atoms with Crippen LogP contribution in [0.5, 0.6) is 5.75 Å². The molecule has 1 nitrogen and oxygen atoms in total. The summed E-state index contributed by atoms with van der Waals surface area (Å²) < 4.78 is 11.6. The maximum Gasteiger partial charge on any atom is 0.120 e. The summed E-state index contributed by atoms with van der Waals surface area (Å²) >= 11 is 3.82. The van der Waals surface area contributed by atoms with Gasteiger partial charge in [-0.1, -0.05) is 51.2 Å². The monoisotopic (exact) mass is 382 g/mol. The Balaban J connectivity index is 1.51. The molecule has 0 atom stereocenters. The number of rotatable bonds is 8. The molecule has 26 heavy (non-hydrogen) atoms. The smallest absolute Gasteiger partial charge is 0.120 e. The van der Waals surface area contributed by atoms with E-state index >= 15 is 0 Å². The molecule has 3 heteroatoms. The summed E-state index contributed by atoms with van der Waals surface area (Å²) in [4.78, 5) is 0. The van der Waals surface area contributed by atoms with Gasteiger partial charge in [-0.15, -0.1) is 22.7 Å². The highest BCUT2D eigenvalue weighted by molar-refractivity contribution is 7.36. The third-order valence-electron chi connectivity index (χ3n) is 4.97. The van der Waals surface area contributed by atoms with E-state index < -0.39 is 0 Å². The molecule has 4 aromatic rings. The third kappa shape index (κ3) is 3.60. The number of hydrogen-bond acceptors (Lipinski definition) is 3. The minimum atomic E-state index is 0.830. The van der Waals surface area contributed by atoms with Crippen LogP contribution < -0.4 is 4.74 Å². The fourth-order valence-electron chi connectivity index (χ4n) is 3.51. The van der Waals surface area contributed by atoms with E-state index in [1.807, 2.05) is 22.7 Å². The van der Waals surface area contributed by atoms with Crippen LogP contribution in [-0.2, 0) is 0 Å². The van der Waals surface area contributed by atoms with Gasteiger partial charge in [-0.3, -0.25) is 0 Å². The van der Waals surface area contributed by atoms with Crippen LogP contribution in [0.1, 0.15) is 51.0 Å². The summed E-state index contributed by atoms with van der Waals surface area (Å²) in [5.74, 6) is 1.01. The molecule has 0 saturated heterocycles. The van der Waals surface area contributed by atoms with Crippen LogP contribution in [0.15, 0.2) is 36.4 Å². The van der Waals surface area contributed by atoms with Crippen LogP contribution >= 0.6 is 22.7 Å². The van der Waals surface area contributed by atoms with Crippen LogP contribution in [0.2, 0.25) is 0 Å². The molecule has 0 radical (unpaired) electrons. The number of benzene rings is 2. The first-order chi connectivity index (χ1) is 12.8. The fourth-order valence-corrected chi connectivity index (χ4v) is 6.23. The maximum atomic E-state index is 6.04. The second-order valence-corrected chi connectivity index (χ2v) is 9.24. The standard InChI is InChI=1S/C23H26OS2/c1-3-4-5-6-7-8-13-24-17-10-12-20-19(15-17)23-22(25-20)18-11-9-16(2)14-21(18)26-23/h9-12,14-15H,3-8,13H2,1-2H3. The Hall–Kier alpha value is -1.58. The van der Waals surface area contributed by atoms with Gasteiger partial charge in [0.15, 0.2) is 0 Å². The van der Waals surface area contributed by atoms with Gasteiger partial charge in [-0.05, 0) is 43.2 Å². The summed E-state index contributed by atoms with van der Waals surface area (Å²) in [6.45, 7) is 5.26. The molecule has 136 valence electrons. The first-order valence-electron chi connectivity index (χ1n) is 9.74. The predicted octanol–water partition coefficient (Wildman–Crippen LogP) is 8.32. The zero-order chi connectivity index (χ0) is 17.9. The molecule has 2 aromatic heterocycles. The third-order valence-corrected chi connectivity index (χ3v) is 7.49. The van der Waals surface area contributed by atoms with Crippen molar-refractivity contribution in [1.29, 1.82) is 0 Å². The van der Waals surface area contributed by atoms with Crippen LogP contribution in [0.3, 0.4) is 0 Å². The molecule has 0 amide bonds. The summed E-state index contributed by atoms with van der Waals surface area (Å²) in [5, 5.41) is 2.75. The van der Waals surface area contributed by atoms with Gasteiger partial charge in [-0.25, -0.2) is 0 Å². The van der Waals surface area contributed by atoms with Crippen molar-refractivity contribution in [3.05, 3.63) is 42.0 Å². The van der Waals surface area contributed by atoms with E-state index in [4.69, 9.17) is 4.74 Å².